The molecule has 2 heterocycles. The fraction of sp³-hybridized carbons (Fsp3) is 0.583. The molecule has 1 aliphatic rings. The number of piperazine rings is 1. The summed E-state index contributed by atoms with van der Waals surface area (Å²) in [5, 5.41) is 3.45. The molecular weight excluding hydrogens is 186 g/mol. The molecule has 15 heavy (non-hydrogen) atoms. The van der Waals surface area contributed by atoms with Gasteiger partial charge in [0.15, 0.2) is 0 Å². The number of aromatic nitrogens is 1. The zero-order valence-corrected chi connectivity index (χ0v) is 9.53. The number of pyridine rings is 1. The van der Waals surface area contributed by atoms with Crippen LogP contribution >= 0.6 is 0 Å². The molecule has 0 bridgehead atoms. The van der Waals surface area contributed by atoms with Crippen molar-refractivity contribution in [3.63, 3.8) is 0 Å². The van der Waals surface area contributed by atoms with Gasteiger partial charge in [0, 0.05) is 38.4 Å². The van der Waals surface area contributed by atoms with Gasteiger partial charge in [0.05, 0.1) is 5.69 Å². The first-order valence-electron chi connectivity index (χ1n) is 5.62. The molecule has 1 N–H and O–H groups in total. The Bertz CT molecular complexity index is 324. The lowest BCUT2D eigenvalue weighted by atomic mass is 10.2. The van der Waals surface area contributed by atoms with Gasteiger partial charge in [-0.05, 0) is 25.5 Å². The van der Waals surface area contributed by atoms with Gasteiger partial charge in [0.25, 0.3) is 0 Å². The maximum absolute atomic E-state index is 4.44. The van der Waals surface area contributed by atoms with Crippen LogP contribution in [0.4, 0.5) is 0 Å². The Morgan fingerprint density at radius 2 is 2.47 bits per heavy atom. The minimum absolute atomic E-state index is 0.600. The summed E-state index contributed by atoms with van der Waals surface area (Å²) in [4.78, 5) is 6.90. The predicted molar refractivity (Wildman–Crippen MR) is 61.7 cm³/mol. The number of rotatable bonds is 2. The van der Waals surface area contributed by atoms with E-state index in [0.29, 0.717) is 6.04 Å². The molecule has 1 aromatic rings. The number of hydrogen-bond donors (Lipinski definition) is 1. The topological polar surface area (TPSA) is 28.2 Å². The van der Waals surface area contributed by atoms with Crippen molar-refractivity contribution >= 4 is 0 Å². The molecule has 0 spiro atoms. The maximum atomic E-state index is 4.44. The Hall–Kier alpha value is -0.930. The first-order chi connectivity index (χ1) is 7.25. The van der Waals surface area contributed by atoms with Crippen LogP contribution in [-0.4, -0.2) is 35.6 Å². The molecule has 82 valence electrons. The molecule has 1 atom stereocenters. The van der Waals surface area contributed by atoms with Crippen molar-refractivity contribution < 1.29 is 0 Å². The summed E-state index contributed by atoms with van der Waals surface area (Å²) < 4.78 is 0. The molecule has 1 unspecified atom stereocenters. The summed E-state index contributed by atoms with van der Waals surface area (Å²) >= 11 is 0. The smallest absolute Gasteiger partial charge is 0.0573 e. The van der Waals surface area contributed by atoms with E-state index in [1.165, 1.54) is 11.3 Å². The second-order valence-electron chi connectivity index (χ2n) is 4.36. The lowest BCUT2D eigenvalue weighted by molar-refractivity contribution is 0.197. The molecule has 0 radical (unpaired) electrons. The monoisotopic (exact) mass is 205 g/mol. The minimum Gasteiger partial charge on any atom is -0.312 e. The summed E-state index contributed by atoms with van der Waals surface area (Å²) in [6.45, 7) is 8.69. The standard InChI is InChI=1S/C12H19N3/c1-10-4-3-5-14-12(10)9-15-7-6-13-11(2)8-15/h3-5,11,13H,6-9H2,1-2H3. The second-order valence-corrected chi connectivity index (χ2v) is 4.36. The van der Waals surface area contributed by atoms with E-state index in [2.05, 4.69) is 35.1 Å². The lowest BCUT2D eigenvalue weighted by Gasteiger charge is -2.31. The third-order valence-corrected chi connectivity index (χ3v) is 2.94. The van der Waals surface area contributed by atoms with Gasteiger partial charge in [-0.3, -0.25) is 9.88 Å². The van der Waals surface area contributed by atoms with Gasteiger partial charge < -0.3 is 5.32 Å². The van der Waals surface area contributed by atoms with Crippen LogP contribution in [0.15, 0.2) is 18.3 Å². The first kappa shape index (κ1) is 10.6. The lowest BCUT2D eigenvalue weighted by Crippen LogP contribution is -2.48. The van der Waals surface area contributed by atoms with E-state index in [0.717, 1.165) is 26.2 Å². The zero-order chi connectivity index (χ0) is 10.7. The highest BCUT2D eigenvalue weighted by Crippen LogP contribution is 2.09. The Morgan fingerprint density at radius 1 is 1.60 bits per heavy atom. The van der Waals surface area contributed by atoms with Crippen molar-refractivity contribution in [1.82, 2.24) is 15.2 Å². The third-order valence-electron chi connectivity index (χ3n) is 2.94. The van der Waals surface area contributed by atoms with E-state index < -0.39 is 0 Å². The average molecular weight is 205 g/mol. The Balaban J connectivity index is 1.99. The molecule has 0 saturated carbocycles. The maximum Gasteiger partial charge on any atom is 0.0573 e. The first-order valence-corrected chi connectivity index (χ1v) is 5.62. The summed E-state index contributed by atoms with van der Waals surface area (Å²) in [7, 11) is 0. The van der Waals surface area contributed by atoms with Crippen molar-refractivity contribution in [1.29, 1.82) is 0 Å². The minimum atomic E-state index is 0.600. The van der Waals surface area contributed by atoms with E-state index in [4.69, 9.17) is 0 Å². The van der Waals surface area contributed by atoms with Gasteiger partial charge in [-0.15, -0.1) is 0 Å². The van der Waals surface area contributed by atoms with Crippen molar-refractivity contribution in [2.24, 2.45) is 0 Å². The number of aryl methyl sites for hydroxylation is 1. The van der Waals surface area contributed by atoms with Crippen molar-refractivity contribution in [2.45, 2.75) is 26.4 Å². The Labute approximate surface area is 91.5 Å². The highest BCUT2D eigenvalue weighted by molar-refractivity contribution is 5.17. The molecule has 2 rings (SSSR count). The van der Waals surface area contributed by atoms with Crippen LogP contribution in [0.25, 0.3) is 0 Å². The average Bonchev–Trinajstić information content (AvgIpc) is 2.22. The normalized spacial score (nSPS) is 22.9. The van der Waals surface area contributed by atoms with Gasteiger partial charge in [-0.25, -0.2) is 0 Å². The Morgan fingerprint density at radius 3 is 3.20 bits per heavy atom. The molecule has 3 nitrogen and oxygen atoms in total. The van der Waals surface area contributed by atoms with Crippen molar-refractivity contribution in [2.75, 3.05) is 19.6 Å². The van der Waals surface area contributed by atoms with Gasteiger partial charge in [-0.2, -0.15) is 0 Å². The second kappa shape index (κ2) is 4.73. The largest absolute Gasteiger partial charge is 0.312 e. The molecule has 0 aliphatic carbocycles. The number of hydrogen-bond acceptors (Lipinski definition) is 3. The zero-order valence-electron chi connectivity index (χ0n) is 9.53. The molecular formula is C12H19N3. The van der Waals surface area contributed by atoms with E-state index in [1.54, 1.807) is 0 Å². The summed E-state index contributed by atoms with van der Waals surface area (Å²) in [5.41, 5.74) is 2.51. The fourth-order valence-electron chi connectivity index (χ4n) is 2.05. The molecule has 0 amide bonds. The third kappa shape index (κ3) is 2.76. The van der Waals surface area contributed by atoms with Crippen LogP contribution in [0.1, 0.15) is 18.2 Å². The van der Waals surface area contributed by atoms with Crippen molar-refractivity contribution in [3.8, 4) is 0 Å². The van der Waals surface area contributed by atoms with E-state index >= 15 is 0 Å². The van der Waals surface area contributed by atoms with Crippen LogP contribution in [0.2, 0.25) is 0 Å². The van der Waals surface area contributed by atoms with Crippen LogP contribution in [0.5, 0.6) is 0 Å². The Kier molecular flexibility index (Phi) is 3.34. The summed E-state index contributed by atoms with van der Waals surface area (Å²) in [5.74, 6) is 0. The molecule has 1 saturated heterocycles. The SMILES string of the molecule is Cc1cccnc1CN1CCNC(C)C1. The fourth-order valence-corrected chi connectivity index (χ4v) is 2.05. The van der Waals surface area contributed by atoms with E-state index in [9.17, 15) is 0 Å². The van der Waals surface area contributed by atoms with E-state index in [1.807, 2.05) is 12.3 Å². The number of nitrogens with one attached hydrogen (secondary N) is 1. The predicted octanol–water partition coefficient (Wildman–Crippen LogP) is 1.18. The van der Waals surface area contributed by atoms with Crippen molar-refractivity contribution in [3.05, 3.63) is 29.6 Å². The quantitative estimate of drug-likeness (QED) is 0.786. The van der Waals surface area contributed by atoms with Gasteiger partial charge in [0.2, 0.25) is 0 Å². The van der Waals surface area contributed by atoms with Crippen LogP contribution < -0.4 is 5.32 Å². The van der Waals surface area contributed by atoms with Gasteiger partial charge in [-0.1, -0.05) is 6.07 Å². The molecule has 1 aliphatic heterocycles. The molecule has 1 aromatic heterocycles. The highest BCUT2D eigenvalue weighted by Gasteiger charge is 2.16. The van der Waals surface area contributed by atoms with Crippen LogP contribution in [0, 0.1) is 6.92 Å². The molecule has 1 fully saturated rings. The number of nitrogens with zero attached hydrogens (tertiary/aromatic N) is 2. The summed E-state index contributed by atoms with van der Waals surface area (Å²) in [6, 6.07) is 4.73. The molecule has 3 heteroatoms. The van der Waals surface area contributed by atoms with Crippen LogP contribution in [-0.2, 0) is 6.54 Å². The molecule has 0 aromatic carbocycles. The van der Waals surface area contributed by atoms with Gasteiger partial charge in [0.1, 0.15) is 0 Å². The highest BCUT2D eigenvalue weighted by atomic mass is 15.2. The van der Waals surface area contributed by atoms with Crippen LogP contribution in [0.3, 0.4) is 0 Å². The summed E-state index contributed by atoms with van der Waals surface area (Å²) in [6.07, 6.45) is 1.88. The van der Waals surface area contributed by atoms with Gasteiger partial charge >= 0.3 is 0 Å². The van der Waals surface area contributed by atoms with E-state index in [-0.39, 0.29) is 0 Å².